The van der Waals surface area contributed by atoms with E-state index in [4.69, 9.17) is 0 Å². The second-order valence-corrected chi connectivity index (χ2v) is 21.0. The van der Waals surface area contributed by atoms with Gasteiger partial charge >= 0.3 is 0 Å². The summed E-state index contributed by atoms with van der Waals surface area (Å²) in [7, 11) is -1.44. The smallest absolute Gasteiger partial charge is 0.0775 e. The first kappa shape index (κ1) is 36.7. The van der Waals surface area contributed by atoms with Crippen LogP contribution in [0.1, 0.15) is 0 Å². The van der Waals surface area contributed by atoms with E-state index in [1.165, 1.54) is 49.3 Å². The lowest BCUT2D eigenvalue weighted by Crippen LogP contribution is -2.37. The topological polar surface area (TPSA) is 6.48 Å². The molecule has 0 amide bonds. The number of rotatable bonds is 10. The SMILES string of the molecule is C[Si](C)(C)c1ccc(N(c2ccc(-c3ccc(-c4ccc(N(c5ccccc5)c5ccccc5)cc4)cc3)cc2)c2ccc(-c3cccc4ccccc34)cc2)cc1. The van der Waals surface area contributed by atoms with E-state index >= 15 is 0 Å². The van der Waals surface area contributed by atoms with Crippen molar-refractivity contribution in [2.45, 2.75) is 19.6 Å². The standard InChI is InChI=1S/C55H46N2Si/c1-58(2,3)53-39-37-52(38-40-53)57(51-35-29-46(30-36-51)55-20-12-14-45-13-10-11-19-54(45)55)50-33-27-44(28-34-50)42-23-21-41(22-24-42)43-25-31-49(32-26-43)56(47-15-6-4-7-16-47)48-17-8-5-9-18-48/h4-40H,1-3H3. The molecule has 0 saturated carbocycles. The molecule has 9 rings (SSSR count). The second-order valence-electron chi connectivity index (χ2n) is 15.9. The van der Waals surface area contributed by atoms with Crippen LogP contribution in [0.4, 0.5) is 34.1 Å². The highest BCUT2D eigenvalue weighted by atomic mass is 28.3. The Balaban J connectivity index is 0.984. The first-order valence-corrected chi connectivity index (χ1v) is 23.6. The van der Waals surface area contributed by atoms with Crippen LogP contribution in [-0.2, 0) is 0 Å². The van der Waals surface area contributed by atoms with Gasteiger partial charge in [0.2, 0.25) is 0 Å². The van der Waals surface area contributed by atoms with Crippen molar-refractivity contribution >= 4 is 58.2 Å². The predicted octanol–water partition coefficient (Wildman–Crippen LogP) is 15.3. The van der Waals surface area contributed by atoms with Crippen molar-refractivity contribution in [1.82, 2.24) is 0 Å². The van der Waals surface area contributed by atoms with E-state index in [9.17, 15) is 0 Å². The van der Waals surface area contributed by atoms with Crippen LogP contribution < -0.4 is 15.0 Å². The molecule has 0 aliphatic heterocycles. The fourth-order valence-corrected chi connectivity index (χ4v) is 9.05. The van der Waals surface area contributed by atoms with Crippen molar-refractivity contribution in [3.05, 3.63) is 224 Å². The summed E-state index contributed by atoms with van der Waals surface area (Å²) < 4.78 is 0. The molecule has 0 spiro atoms. The van der Waals surface area contributed by atoms with E-state index < -0.39 is 8.07 Å². The van der Waals surface area contributed by atoms with Gasteiger partial charge in [-0.25, -0.2) is 0 Å². The summed E-state index contributed by atoms with van der Waals surface area (Å²) in [5, 5.41) is 3.98. The molecule has 9 aromatic carbocycles. The molecule has 0 saturated heterocycles. The Kier molecular flexibility index (Phi) is 10.1. The van der Waals surface area contributed by atoms with E-state index in [1.807, 2.05) is 0 Å². The quantitative estimate of drug-likeness (QED) is 0.128. The lowest BCUT2D eigenvalue weighted by Gasteiger charge is -2.27. The molecule has 3 heteroatoms. The van der Waals surface area contributed by atoms with Gasteiger partial charge in [0.1, 0.15) is 0 Å². The lowest BCUT2D eigenvalue weighted by molar-refractivity contribution is 1.28. The van der Waals surface area contributed by atoms with Crippen LogP contribution in [0.2, 0.25) is 19.6 Å². The lowest BCUT2D eigenvalue weighted by atomic mass is 9.98. The minimum Gasteiger partial charge on any atom is -0.311 e. The number of nitrogens with zero attached hydrogens (tertiary/aromatic N) is 2. The molecule has 0 unspecified atom stereocenters. The van der Waals surface area contributed by atoms with E-state index in [-0.39, 0.29) is 0 Å². The molecule has 58 heavy (non-hydrogen) atoms. The summed E-state index contributed by atoms with van der Waals surface area (Å²) in [6, 6.07) is 81.3. The highest BCUT2D eigenvalue weighted by molar-refractivity contribution is 6.88. The molecule has 0 N–H and O–H groups in total. The molecule has 0 aromatic heterocycles. The second kappa shape index (κ2) is 15.9. The molecule has 280 valence electrons. The largest absolute Gasteiger partial charge is 0.311 e. The van der Waals surface area contributed by atoms with E-state index in [0.717, 1.165) is 34.1 Å². The van der Waals surface area contributed by atoms with Crippen molar-refractivity contribution < 1.29 is 0 Å². The van der Waals surface area contributed by atoms with Gasteiger partial charge in [0, 0.05) is 34.1 Å². The maximum atomic E-state index is 2.40. The number of hydrogen-bond donors (Lipinski definition) is 0. The molecule has 0 aliphatic carbocycles. The van der Waals surface area contributed by atoms with Crippen molar-refractivity contribution in [2.75, 3.05) is 9.80 Å². The first-order chi connectivity index (χ1) is 28.4. The summed E-state index contributed by atoms with van der Waals surface area (Å²) in [5.74, 6) is 0. The summed E-state index contributed by atoms with van der Waals surface area (Å²) in [6.45, 7) is 7.21. The summed E-state index contributed by atoms with van der Waals surface area (Å²) in [6.07, 6.45) is 0. The molecule has 0 fully saturated rings. The monoisotopic (exact) mass is 762 g/mol. The van der Waals surface area contributed by atoms with Crippen LogP contribution >= 0.6 is 0 Å². The van der Waals surface area contributed by atoms with Crippen LogP contribution in [0.3, 0.4) is 0 Å². The third-order valence-electron chi connectivity index (χ3n) is 11.0. The maximum absolute atomic E-state index is 2.40. The number of para-hydroxylation sites is 2. The molecule has 0 radical (unpaired) electrons. The minimum atomic E-state index is -1.44. The molecular weight excluding hydrogens is 717 g/mol. The van der Waals surface area contributed by atoms with Crippen LogP contribution in [0.15, 0.2) is 224 Å². The molecule has 2 nitrogen and oxygen atoms in total. The van der Waals surface area contributed by atoms with Gasteiger partial charge in [-0.05, 0) is 117 Å². The van der Waals surface area contributed by atoms with Gasteiger partial charge < -0.3 is 9.80 Å². The third-order valence-corrected chi connectivity index (χ3v) is 13.1. The molecular formula is C55H46N2Si. The average Bonchev–Trinajstić information content (AvgIpc) is 3.28. The summed E-state index contributed by atoms with van der Waals surface area (Å²) in [5.41, 5.74) is 14.0. The fourth-order valence-electron chi connectivity index (χ4n) is 7.89. The first-order valence-electron chi connectivity index (χ1n) is 20.1. The van der Waals surface area contributed by atoms with Crippen molar-refractivity contribution in [3.63, 3.8) is 0 Å². The Bertz CT molecular complexity index is 2710. The Labute approximate surface area is 344 Å². The average molecular weight is 763 g/mol. The number of benzene rings is 9. The highest BCUT2D eigenvalue weighted by Crippen LogP contribution is 2.39. The fraction of sp³-hybridized carbons (Fsp3) is 0.0545. The maximum Gasteiger partial charge on any atom is 0.0775 e. The Morgan fingerprint density at radius 3 is 1.03 bits per heavy atom. The van der Waals surface area contributed by atoms with Gasteiger partial charge in [-0.1, -0.05) is 176 Å². The van der Waals surface area contributed by atoms with Gasteiger partial charge in [-0.2, -0.15) is 0 Å². The molecule has 0 aliphatic rings. The summed E-state index contributed by atoms with van der Waals surface area (Å²) >= 11 is 0. The zero-order valence-corrected chi connectivity index (χ0v) is 34.3. The van der Waals surface area contributed by atoms with Crippen LogP contribution in [-0.4, -0.2) is 8.07 Å². The number of hydrogen-bond acceptors (Lipinski definition) is 2. The van der Waals surface area contributed by atoms with Crippen LogP contribution in [0.25, 0.3) is 44.2 Å². The highest BCUT2D eigenvalue weighted by Gasteiger charge is 2.19. The third kappa shape index (κ3) is 7.60. The Morgan fingerprint density at radius 2 is 0.603 bits per heavy atom. The van der Waals surface area contributed by atoms with Gasteiger partial charge in [0.25, 0.3) is 0 Å². The van der Waals surface area contributed by atoms with E-state index in [0.29, 0.717) is 0 Å². The van der Waals surface area contributed by atoms with Crippen molar-refractivity contribution in [1.29, 1.82) is 0 Å². The van der Waals surface area contributed by atoms with Gasteiger partial charge in [0.05, 0.1) is 8.07 Å². The normalized spacial score (nSPS) is 11.4. The van der Waals surface area contributed by atoms with Crippen LogP contribution in [0, 0.1) is 0 Å². The van der Waals surface area contributed by atoms with E-state index in [1.54, 1.807) is 0 Å². The minimum absolute atomic E-state index is 1.12. The molecule has 0 heterocycles. The number of anilines is 6. The zero-order chi connectivity index (χ0) is 39.5. The molecule has 0 atom stereocenters. The van der Waals surface area contributed by atoms with E-state index in [2.05, 4.69) is 254 Å². The van der Waals surface area contributed by atoms with Crippen molar-refractivity contribution in [2.24, 2.45) is 0 Å². The molecule has 0 bridgehead atoms. The predicted molar refractivity (Wildman–Crippen MR) is 253 cm³/mol. The van der Waals surface area contributed by atoms with Gasteiger partial charge in [0.15, 0.2) is 0 Å². The molecule has 9 aromatic rings. The Hall–Kier alpha value is -6.94. The summed E-state index contributed by atoms with van der Waals surface area (Å²) in [4.78, 5) is 4.66. The van der Waals surface area contributed by atoms with Crippen molar-refractivity contribution in [3.8, 4) is 33.4 Å². The number of fused-ring (bicyclic) bond motifs is 1. The van der Waals surface area contributed by atoms with Crippen LogP contribution in [0.5, 0.6) is 0 Å². The Morgan fingerprint density at radius 1 is 0.276 bits per heavy atom. The van der Waals surface area contributed by atoms with Gasteiger partial charge in [-0.3, -0.25) is 0 Å². The van der Waals surface area contributed by atoms with Gasteiger partial charge in [-0.15, -0.1) is 0 Å². The zero-order valence-electron chi connectivity index (χ0n) is 33.3.